The monoisotopic (exact) mass is 392 g/mol. The van der Waals surface area contributed by atoms with Gasteiger partial charge in [-0.2, -0.15) is 13.4 Å². The lowest BCUT2D eigenvalue weighted by atomic mass is 10.0. The van der Waals surface area contributed by atoms with Crippen LogP contribution in [0.2, 0.25) is 0 Å². The Labute approximate surface area is 157 Å². The number of nitrogens with zero attached hydrogens (tertiary/aromatic N) is 2. The van der Waals surface area contributed by atoms with Crippen molar-refractivity contribution in [2.24, 2.45) is 16.5 Å². The Bertz CT molecular complexity index is 929. The van der Waals surface area contributed by atoms with E-state index in [4.69, 9.17) is 20.8 Å². The fourth-order valence-electron chi connectivity index (χ4n) is 1.91. The summed E-state index contributed by atoms with van der Waals surface area (Å²) in [4.78, 5) is 19.9. The summed E-state index contributed by atoms with van der Waals surface area (Å²) in [5.41, 5.74) is 12.3. The van der Waals surface area contributed by atoms with Crippen LogP contribution in [0.5, 0.6) is 5.75 Å². The molecule has 1 amide bonds. The highest BCUT2D eigenvalue weighted by Crippen LogP contribution is 2.25. The van der Waals surface area contributed by atoms with Crippen LogP contribution < -0.4 is 16.2 Å². The summed E-state index contributed by atoms with van der Waals surface area (Å²) < 4.78 is 31.2. The maximum atomic E-state index is 12.3. The Hall–Kier alpha value is -3.24. The molecule has 0 radical (unpaired) electrons. The first-order valence-electron chi connectivity index (χ1n) is 7.43. The third-order valence-corrected chi connectivity index (χ3v) is 2.87. The molecule has 0 spiro atoms. The molecule has 0 saturated heterocycles. The molecule has 1 aromatic carbocycles. The molecule has 2 aromatic rings. The van der Waals surface area contributed by atoms with Crippen molar-refractivity contribution in [1.29, 1.82) is 0 Å². The van der Waals surface area contributed by atoms with Gasteiger partial charge in [0, 0.05) is 23.5 Å². The zero-order chi connectivity index (χ0) is 20.4. The number of ether oxygens (including phenoxy) is 1. The lowest BCUT2D eigenvalue weighted by molar-refractivity contribution is -0.112. The van der Waals surface area contributed by atoms with E-state index in [1.807, 2.05) is 18.2 Å². The fourth-order valence-corrected chi connectivity index (χ4v) is 1.91. The van der Waals surface area contributed by atoms with Crippen LogP contribution in [0.3, 0.4) is 0 Å². The molecule has 0 fully saturated rings. The second kappa shape index (κ2) is 10.0. The van der Waals surface area contributed by atoms with E-state index in [-0.39, 0.29) is 5.96 Å². The minimum absolute atomic E-state index is 0.292. The highest BCUT2D eigenvalue weighted by molar-refractivity contribution is 7.85. The van der Waals surface area contributed by atoms with Crippen molar-refractivity contribution in [3.63, 3.8) is 0 Å². The van der Waals surface area contributed by atoms with Crippen LogP contribution in [-0.2, 0) is 14.9 Å². The first-order chi connectivity index (χ1) is 12.6. The molecule has 5 N–H and O–H groups in total. The van der Waals surface area contributed by atoms with Crippen molar-refractivity contribution in [3.8, 4) is 5.75 Å². The second-order valence-corrected chi connectivity index (χ2v) is 6.58. The van der Waals surface area contributed by atoms with E-state index in [1.54, 1.807) is 43.8 Å². The molecule has 144 valence electrons. The molecule has 0 unspecified atom stereocenters. The minimum atomic E-state index is -3.67. The first-order valence-corrected chi connectivity index (χ1v) is 9.28. The molecule has 10 heteroatoms. The third-order valence-electron chi connectivity index (χ3n) is 2.87. The quantitative estimate of drug-likeness (QED) is 0.300. The van der Waals surface area contributed by atoms with Crippen LogP contribution in [0, 0.1) is 0 Å². The van der Waals surface area contributed by atoms with E-state index in [2.05, 4.69) is 9.98 Å². The number of benzene rings is 1. The normalized spacial score (nSPS) is 11.0. The van der Waals surface area contributed by atoms with Crippen molar-refractivity contribution >= 4 is 33.6 Å². The smallest absolute Gasteiger partial charge is 0.280 e. The molecular weight excluding hydrogens is 372 g/mol. The van der Waals surface area contributed by atoms with E-state index >= 15 is 0 Å². The molecule has 0 aliphatic rings. The SMILES string of the molecule is COc1ccccc1/C=C(/C(=O)N=C(N)N)c1cccnc1.CS(=O)(=O)O. The summed E-state index contributed by atoms with van der Waals surface area (Å²) in [7, 11) is -2.10. The Balaban J connectivity index is 0.000000646. The van der Waals surface area contributed by atoms with Crippen LogP contribution in [0.4, 0.5) is 0 Å². The Kier molecular flexibility index (Phi) is 8.11. The molecule has 0 atom stereocenters. The van der Waals surface area contributed by atoms with Gasteiger partial charge >= 0.3 is 0 Å². The van der Waals surface area contributed by atoms with Crippen molar-refractivity contribution in [1.82, 2.24) is 4.98 Å². The standard InChI is InChI=1S/C16H16N4O2.CH4O3S/c1-22-14-7-3-2-5-11(14)9-13(15(21)20-16(17)18)12-6-4-8-19-10-12;1-5(2,3)4/h2-10H,1H3,(H4,17,18,20,21);1H3,(H,2,3,4)/b13-9+;. The minimum Gasteiger partial charge on any atom is -0.496 e. The van der Waals surface area contributed by atoms with Crippen molar-refractivity contribution < 1.29 is 22.5 Å². The molecule has 1 heterocycles. The molecule has 0 aliphatic carbocycles. The van der Waals surface area contributed by atoms with Gasteiger partial charge in [0.25, 0.3) is 16.0 Å². The summed E-state index contributed by atoms with van der Waals surface area (Å²) in [6.45, 7) is 0. The van der Waals surface area contributed by atoms with Crippen molar-refractivity contribution in [2.75, 3.05) is 13.4 Å². The number of aromatic nitrogens is 1. The summed E-state index contributed by atoms with van der Waals surface area (Å²) in [5, 5.41) is 0. The maximum Gasteiger partial charge on any atom is 0.280 e. The van der Waals surface area contributed by atoms with Gasteiger partial charge in [0.15, 0.2) is 5.96 Å². The number of amides is 1. The zero-order valence-electron chi connectivity index (χ0n) is 14.7. The van der Waals surface area contributed by atoms with E-state index in [9.17, 15) is 13.2 Å². The van der Waals surface area contributed by atoms with Gasteiger partial charge in [0.05, 0.1) is 18.9 Å². The summed E-state index contributed by atoms with van der Waals surface area (Å²) in [6, 6.07) is 10.8. The molecule has 0 aliphatic heterocycles. The first kappa shape index (κ1) is 21.8. The van der Waals surface area contributed by atoms with E-state index in [0.717, 1.165) is 5.56 Å². The number of para-hydroxylation sites is 1. The van der Waals surface area contributed by atoms with Crippen LogP contribution >= 0.6 is 0 Å². The number of rotatable bonds is 4. The zero-order valence-corrected chi connectivity index (χ0v) is 15.6. The largest absolute Gasteiger partial charge is 0.496 e. The number of hydrogen-bond acceptors (Lipinski definition) is 5. The fraction of sp³-hybridized carbons (Fsp3) is 0.118. The number of methoxy groups -OCH3 is 1. The van der Waals surface area contributed by atoms with Gasteiger partial charge < -0.3 is 16.2 Å². The van der Waals surface area contributed by atoms with Crippen LogP contribution in [0.1, 0.15) is 11.1 Å². The topological polar surface area (TPSA) is 158 Å². The highest BCUT2D eigenvalue weighted by Gasteiger charge is 2.13. The molecule has 9 nitrogen and oxygen atoms in total. The van der Waals surface area contributed by atoms with Crippen LogP contribution in [0.15, 0.2) is 53.8 Å². The summed E-state index contributed by atoms with van der Waals surface area (Å²) in [5.74, 6) is -0.194. The number of guanidine groups is 1. The molecule has 1 aromatic heterocycles. The number of pyridine rings is 1. The average Bonchev–Trinajstić information content (AvgIpc) is 2.58. The van der Waals surface area contributed by atoms with Gasteiger partial charge in [-0.3, -0.25) is 14.3 Å². The van der Waals surface area contributed by atoms with Crippen LogP contribution in [-0.4, -0.2) is 43.2 Å². The van der Waals surface area contributed by atoms with Gasteiger partial charge in [0.1, 0.15) is 5.75 Å². The molecule has 27 heavy (non-hydrogen) atoms. The highest BCUT2D eigenvalue weighted by atomic mass is 32.2. The maximum absolute atomic E-state index is 12.3. The van der Waals surface area contributed by atoms with Crippen LogP contribution in [0.25, 0.3) is 11.6 Å². The number of nitrogens with two attached hydrogens (primary N) is 2. The van der Waals surface area contributed by atoms with Crippen molar-refractivity contribution in [2.45, 2.75) is 0 Å². The lowest BCUT2D eigenvalue weighted by Gasteiger charge is -2.07. The molecule has 0 saturated carbocycles. The van der Waals surface area contributed by atoms with Gasteiger partial charge in [-0.1, -0.05) is 24.3 Å². The predicted octanol–water partition coefficient (Wildman–Crippen LogP) is 0.935. The Morgan fingerprint density at radius 3 is 2.37 bits per heavy atom. The Morgan fingerprint density at radius 2 is 1.85 bits per heavy atom. The predicted molar refractivity (Wildman–Crippen MR) is 103 cm³/mol. The van der Waals surface area contributed by atoms with Gasteiger partial charge in [-0.05, 0) is 18.2 Å². The number of hydrogen-bond donors (Lipinski definition) is 3. The van der Waals surface area contributed by atoms with E-state index in [0.29, 0.717) is 23.1 Å². The Morgan fingerprint density at radius 1 is 1.22 bits per heavy atom. The number of carbonyl (C=O) groups excluding carboxylic acids is 1. The van der Waals surface area contributed by atoms with Gasteiger partial charge in [0.2, 0.25) is 0 Å². The second-order valence-electron chi connectivity index (χ2n) is 5.12. The number of carbonyl (C=O) groups is 1. The third kappa shape index (κ3) is 8.61. The summed E-state index contributed by atoms with van der Waals surface area (Å²) in [6.07, 6.45) is 5.58. The van der Waals surface area contributed by atoms with E-state index < -0.39 is 16.0 Å². The molecular formula is C17H20N4O5S. The summed E-state index contributed by atoms with van der Waals surface area (Å²) >= 11 is 0. The van der Waals surface area contributed by atoms with Gasteiger partial charge in [-0.25, -0.2) is 0 Å². The lowest BCUT2D eigenvalue weighted by Crippen LogP contribution is -2.24. The molecule has 2 rings (SSSR count). The van der Waals surface area contributed by atoms with Crippen molar-refractivity contribution in [3.05, 3.63) is 59.9 Å². The molecule has 0 bridgehead atoms. The number of aliphatic imine (C=N–C) groups is 1. The average molecular weight is 392 g/mol. The van der Waals surface area contributed by atoms with Gasteiger partial charge in [-0.15, -0.1) is 0 Å². The van der Waals surface area contributed by atoms with E-state index in [1.165, 1.54) is 0 Å².